The van der Waals surface area contributed by atoms with Crippen LogP contribution in [0.3, 0.4) is 0 Å². The lowest BCUT2D eigenvalue weighted by atomic mass is 9.98. The molecule has 0 spiro atoms. The van der Waals surface area contributed by atoms with E-state index >= 15 is 0 Å². The van der Waals surface area contributed by atoms with Gasteiger partial charge in [-0.25, -0.2) is 0 Å². The maximum absolute atomic E-state index is 9.74. The average molecular weight is 223 g/mol. The van der Waals surface area contributed by atoms with E-state index in [2.05, 4.69) is 45.0 Å². The Balaban J connectivity index is 2.50. The topological polar surface area (TPSA) is 23.5 Å². The van der Waals surface area contributed by atoms with E-state index in [0.717, 1.165) is 12.8 Å². The van der Waals surface area contributed by atoms with Crippen molar-refractivity contribution in [1.29, 1.82) is 0 Å². The molecule has 0 amide bonds. The molecule has 2 nitrogen and oxygen atoms in total. The molecule has 0 aliphatic heterocycles. The van der Waals surface area contributed by atoms with Crippen LogP contribution in [0.15, 0.2) is 24.1 Å². The predicted molar refractivity (Wildman–Crippen MR) is 69.3 cm³/mol. The van der Waals surface area contributed by atoms with Crippen molar-refractivity contribution in [3.8, 4) is 0 Å². The normalized spacial score (nSPS) is 24.5. The Hall–Kier alpha value is -0.920. The zero-order valence-corrected chi connectivity index (χ0v) is 11.0. The maximum atomic E-state index is 9.74. The van der Waals surface area contributed by atoms with E-state index in [1.165, 1.54) is 6.42 Å². The zero-order chi connectivity index (χ0) is 12.1. The van der Waals surface area contributed by atoms with Crippen LogP contribution in [-0.4, -0.2) is 23.1 Å². The van der Waals surface area contributed by atoms with Crippen molar-refractivity contribution in [2.45, 2.75) is 46.1 Å². The quantitative estimate of drug-likeness (QED) is 0.768. The van der Waals surface area contributed by atoms with Crippen molar-refractivity contribution in [2.75, 3.05) is 7.05 Å². The molecule has 92 valence electrons. The standard InChI is InChI=1S/C14H25NO/c1-5-11(2)9-10-15(4)12(3)13-7-6-8-14(13)16/h8-13,16H,5-7H2,1-4H3/b10-9-/t11?,12?,13-/m0/s1. The fraction of sp³-hybridized carbons (Fsp3) is 0.714. The number of aliphatic hydroxyl groups is 1. The zero-order valence-electron chi connectivity index (χ0n) is 11.0. The Kier molecular flexibility index (Phi) is 4.91. The minimum Gasteiger partial charge on any atom is -0.512 e. The second-order valence-electron chi connectivity index (χ2n) is 4.95. The van der Waals surface area contributed by atoms with Crippen LogP contribution in [0.25, 0.3) is 0 Å². The van der Waals surface area contributed by atoms with Crippen LogP contribution in [0, 0.1) is 11.8 Å². The summed E-state index contributed by atoms with van der Waals surface area (Å²) in [5.74, 6) is 1.52. The van der Waals surface area contributed by atoms with Gasteiger partial charge in [0, 0.05) is 19.0 Å². The van der Waals surface area contributed by atoms with E-state index in [9.17, 15) is 5.11 Å². The summed E-state index contributed by atoms with van der Waals surface area (Å²) in [5, 5.41) is 9.74. The summed E-state index contributed by atoms with van der Waals surface area (Å²) in [5.41, 5.74) is 0. The first kappa shape index (κ1) is 13.1. The number of hydrogen-bond acceptors (Lipinski definition) is 2. The molecular weight excluding hydrogens is 198 g/mol. The molecule has 0 fully saturated rings. The minimum atomic E-state index is 0.312. The highest BCUT2D eigenvalue weighted by Gasteiger charge is 2.26. The summed E-state index contributed by atoms with van der Waals surface area (Å²) in [7, 11) is 2.09. The van der Waals surface area contributed by atoms with Gasteiger partial charge < -0.3 is 10.0 Å². The second-order valence-corrected chi connectivity index (χ2v) is 4.95. The molecule has 0 aromatic carbocycles. The van der Waals surface area contributed by atoms with Gasteiger partial charge in [-0.2, -0.15) is 0 Å². The largest absolute Gasteiger partial charge is 0.512 e. The Morgan fingerprint density at radius 1 is 1.56 bits per heavy atom. The van der Waals surface area contributed by atoms with Gasteiger partial charge in [0.1, 0.15) is 0 Å². The number of nitrogens with zero attached hydrogens (tertiary/aromatic N) is 1. The van der Waals surface area contributed by atoms with E-state index in [1.807, 2.05) is 6.08 Å². The van der Waals surface area contributed by atoms with E-state index in [0.29, 0.717) is 23.6 Å². The summed E-state index contributed by atoms with van der Waals surface area (Å²) >= 11 is 0. The van der Waals surface area contributed by atoms with Gasteiger partial charge in [0.15, 0.2) is 0 Å². The van der Waals surface area contributed by atoms with Crippen molar-refractivity contribution in [3.05, 3.63) is 24.1 Å². The molecule has 0 saturated heterocycles. The third kappa shape index (κ3) is 3.29. The van der Waals surface area contributed by atoms with Gasteiger partial charge in [0.2, 0.25) is 0 Å². The molecule has 1 N–H and O–H groups in total. The smallest absolute Gasteiger partial charge is 0.0934 e. The van der Waals surface area contributed by atoms with E-state index in [4.69, 9.17) is 0 Å². The predicted octanol–water partition coefficient (Wildman–Crippen LogP) is 3.72. The van der Waals surface area contributed by atoms with Gasteiger partial charge in [-0.1, -0.05) is 26.3 Å². The van der Waals surface area contributed by atoms with Gasteiger partial charge in [0.25, 0.3) is 0 Å². The molecule has 1 rings (SSSR count). The van der Waals surface area contributed by atoms with Crippen LogP contribution < -0.4 is 0 Å². The second kappa shape index (κ2) is 5.97. The molecular formula is C14H25NO. The third-order valence-electron chi connectivity index (χ3n) is 3.73. The van der Waals surface area contributed by atoms with Crippen molar-refractivity contribution in [3.63, 3.8) is 0 Å². The molecule has 1 aliphatic carbocycles. The first-order chi connectivity index (χ1) is 7.56. The highest BCUT2D eigenvalue weighted by Crippen LogP contribution is 2.29. The lowest BCUT2D eigenvalue weighted by Gasteiger charge is -2.29. The summed E-state index contributed by atoms with van der Waals surface area (Å²) in [6.07, 6.45) is 9.62. The van der Waals surface area contributed by atoms with Crippen LogP contribution in [-0.2, 0) is 0 Å². The molecule has 0 bridgehead atoms. The molecule has 0 aromatic rings. The number of hydrogen-bond donors (Lipinski definition) is 1. The van der Waals surface area contributed by atoms with Gasteiger partial charge in [-0.3, -0.25) is 0 Å². The Bertz CT molecular complexity index is 270. The highest BCUT2D eigenvalue weighted by molar-refractivity contribution is 5.08. The number of allylic oxidation sites excluding steroid dienone is 2. The van der Waals surface area contributed by atoms with Crippen molar-refractivity contribution < 1.29 is 5.11 Å². The molecule has 0 heterocycles. The third-order valence-corrected chi connectivity index (χ3v) is 3.73. The molecule has 2 heteroatoms. The molecule has 3 atom stereocenters. The van der Waals surface area contributed by atoms with Crippen LogP contribution in [0.1, 0.15) is 40.0 Å². The van der Waals surface area contributed by atoms with Crippen LogP contribution in [0.5, 0.6) is 0 Å². The lowest BCUT2D eigenvalue weighted by Crippen LogP contribution is -2.31. The molecule has 2 unspecified atom stereocenters. The summed E-state index contributed by atoms with van der Waals surface area (Å²) in [6, 6.07) is 0.374. The Labute approximate surface area is 99.7 Å². The summed E-state index contributed by atoms with van der Waals surface area (Å²) in [6.45, 7) is 6.60. The van der Waals surface area contributed by atoms with Crippen molar-refractivity contribution in [1.82, 2.24) is 4.90 Å². The molecule has 0 radical (unpaired) electrons. The van der Waals surface area contributed by atoms with E-state index < -0.39 is 0 Å². The van der Waals surface area contributed by atoms with Gasteiger partial charge in [-0.05, 0) is 38.0 Å². The fourth-order valence-corrected chi connectivity index (χ4v) is 2.04. The number of aliphatic hydroxyl groups excluding tert-OH is 1. The molecule has 1 aliphatic rings. The van der Waals surface area contributed by atoms with Crippen LogP contribution in [0.4, 0.5) is 0 Å². The summed E-state index contributed by atoms with van der Waals surface area (Å²) in [4.78, 5) is 2.21. The van der Waals surface area contributed by atoms with Gasteiger partial charge >= 0.3 is 0 Å². The minimum absolute atomic E-state index is 0.312. The first-order valence-corrected chi connectivity index (χ1v) is 6.35. The molecule has 0 saturated carbocycles. The summed E-state index contributed by atoms with van der Waals surface area (Å²) < 4.78 is 0. The number of rotatable bonds is 5. The Morgan fingerprint density at radius 2 is 2.25 bits per heavy atom. The van der Waals surface area contributed by atoms with Gasteiger partial charge in [0.05, 0.1) is 5.76 Å². The highest BCUT2D eigenvalue weighted by atomic mass is 16.3. The van der Waals surface area contributed by atoms with E-state index in [1.54, 1.807) is 0 Å². The van der Waals surface area contributed by atoms with Crippen molar-refractivity contribution in [2.24, 2.45) is 11.8 Å². The molecule has 16 heavy (non-hydrogen) atoms. The van der Waals surface area contributed by atoms with E-state index in [-0.39, 0.29) is 0 Å². The lowest BCUT2D eigenvalue weighted by molar-refractivity contribution is 0.222. The SMILES string of the molecule is CCC(C)/C=C\N(C)C(C)[C@@H]1CCC=C1O. The monoisotopic (exact) mass is 223 g/mol. The average Bonchev–Trinajstić information content (AvgIpc) is 2.70. The van der Waals surface area contributed by atoms with Crippen LogP contribution in [0.2, 0.25) is 0 Å². The first-order valence-electron chi connectivity index (χ1n) is 6.35. The molecule has 0 aromatic heterocycles. The Morgan fingerprint density at radius 3 is 2.75 bits per heavy atom. The van der Waals surface area contributed by atoms with Gasteiger partial charge in [-0.15, -0.1) is 0 Å². The fourth-order valence-electron chi connectivity index (χ4n) is 2.04. The maximum Gasteiger partial charge on any atom is 0.0934 e. The van der Waals surface area contributed by atoms with Crippen LogP contribution >= 0.6 is 0 Å². The van der Waals surface area contributed by atoms with Crippen molar-refractivity contribution >= 4 is 0 Å².